The smallest absolute Gasteiger partial charge is 0.325 e. The van der Waals surface area contributed by atoms with Gasteiger partial charge in [-0.1, -0.05) is 36.0 Å². The lowest BCUT2D eigenvalue weighted by Gasteiger charge is -2.34. The minimum absolute atomic E-state index is 0.0568. The van der Waals surface area contributed by atoms with Gasteiger partial charge in [0, 0.05) is 23.5 Å². The number of ether oxygens (including phenoxy) is 1. The Balaban J connectivity index is 1.63. The van der Waals surface area contributed by atoms with Gasteiger partial charge in [-0.05, 0) is 42.3 Å². The molecule has 1 amide bonds. The molecule has 0 fully saturated rings. The van der Waals surface area contributed by atoms with E-state index < -0.39 is 40.3 Å². The van der Waals surface area contributed by atoms with Crippen LogP contribution >= 0.6 is 11.8 Å². The lowest BCUT2D eigenvalue weighted by Crippen LogP contribution is -2.50. The second kappa shape index (κ2) is 10.4. The summed E-state index contributed by atoms with van der Waals surface area (Å²) in [6.07, 6.45) is 0.152. The van der Waals surface area contributed by atoms with Crippen LogP contribution in [0.2, 0.25) is 0 Å². The molecular formula is C21H22F2N2O5S2. The van der Waals surface area contributed by atoms with Crippen molar-refractivity contribution < 1.29 is 31.5 Å². The summed E-state index contributed by atoms with van der Waals surface area (Å²) in [5.41, 5.74) is 2.02. The van der Waals surface area contributed by atoms with Crippen molar-refractivity contribution >= 4 is 39.3 Å². The SMILES string of the molecule is CCS(=O)(=O)N1Cc2ccccc2C[C@H]1C(=O)OCC(=O)Nc1ccc(SC(F)F)cc1. The predicted octanol–water partition coefficient (Wildman–Crippen LogP) is 3.26. The molecule has 0 spiro atoms. The first-order valence-electron chi connectivity index (χ1n) is 9.77. The Bertz CT molecular complexity index is 1080. The third-order valence-electron chi connectivity index (χ3n) is 4.91. The molecule has 1 N–H and O–H groups in total. The molecule has 0 radical (unpaired) electrons. The van der Waals surface area contributed by atoms with E-state index in [1.165, 1.54) is 31.2 Å². The van der Waals surface area contributed by atoms with E-state index in [0.717, 1.165) is 15.4 Å². The van der Waals surface area contributed by atoms with Crippen molar-refractivity contribution in [2.75, 3.05) is 17.7 Å². The zero-order valence-electron chi connectivity index (χ0n) is 17.2. The summed E-state index contributed by atoms with van der Waals surface area (Å²) in [5, 5.41) is 2.50. The van der Waals surface area contributed by atoms with Crippen LogP contribution < -0.4 is 5.32 Å². The number of nitrogens with one attached hydrogen (secondary N) is 1. The molecule has 3 rings (SSSR count). The van der Waals surface area contributed by atoms with E-state index in [0.29, 0.717) is 22.3 Å². The van der Waals surface area contributed by atoms with E-state index in [9.17, 15) is 26.8 Å². The summed E-state index contributed by atoms with van der Waals surface area (Å²) < 4.78 is 56.1. The van der Waals surface area contributed by atoms with Gasteiger partial charge in [0.2, 0.25) is 10.0 Å². The van der Waals surface area contributed by atoms with Gasteiger partial charge in [0.1, 0.15) is 6.04 Å². The standard InChI is InChI=1S/C21H22F2N2O5S2/c1-2-32(28,29)25-12-15-6-4-3-5-14(15)11-18(25)20(27)30-13-19(26)24-16-7-9-17(10-8-16)31-21(22)23/h3-10,18,21H,2,11-13H2,1H3,(H,24,26)/t18-/m0/s1. The van der Waals surface area contributed by atoms with Gasteiger partial charge >= 0.3 is 5.97 Å². The topological polar surface area (TPSA) is 92.8 Å². The minimum atomic E-state index is -3.68. The van der Waals surface area contributed by atoms with Gasteiger partial charge < -0.3 is 10.1 Å². The van der Waals surface area contributed by atoms with Crippen molar-refractivity contribution in [1.82, 2.24) is 4.31 Å². The van der Waals surface area contributed by atoms with Crippen LogP contribution in [0.25, 0.3) is 0 Å². The first-order chi connectivity index (χ1) is 15.2. The van der Waals surface area contributed by atoms with E-state index >= 15 is 0 Å². The summed E-state index contributed by atoms with van der Waals surface area (Å²) in [6, 6.07) is 12.0. The number of alkyl halides is 2. The number of halogens is 2. The Morgan fingerprint density at radius 1 is 1.16 bits per heavy atom. The second-order valence-electron chi connectivity index (χ2n) is 6.99. The lowest BCUT2D eigenvalue weighted by molar-refractivity contribution is -0.151. The number of sulfonamides is 1. The van der Waals surface area contributed by atoms with Gasteiger partial charge in [0.05, 0.1) is 5.75 Å². The molecule has 1 atom stereocenters. The summed E-state index contributed by atoms with van der Waals surface area (Å²) >= 11 is 0.386. The van der Waals surface area contributed by atoms with Crippen molar-refractivity contribution in [3.05, 3.63) is 59.7 Å². The number of amides is 1. The van der Waals surface area contributed by atoms with Gasteiger partial charge in [-0.25, -0.2) is 8.42 Å². The molecule has 0 unspecified atom stereocenters. The van der Waals surface area contributed by atoms with Crippen LogP contribution in [-0.2, 0) is 37.3 Å². The number of nitrogens with zero attached hydrogens (tertiary/aromatic N) is 1. The van der Waals surface area contributed by atoms with Crippen LogP contribution in [0.1, 0.15) is 18.1 Å². The van der Waals surface area contributed by atoms with Gasteiger partial charge in [-0.2, -0.15) is 13.1 Å². The highest BCUT2D eigenvalue weighted by atomic mass is 32.2. The van der Waals surface area contributed by atoms with Crippen LogP contribution in [0, 0.1) is 0 Å². The Labute approximate surface area is 189 Å². The number of thioether (sulfide) groups is 1. The summed E-state index contributed by atoms with van der Waals surface area (Å²) in [7, 11) is -3.68. The van der Waals surface area contributed by atoms with E-state index in [1.54, 1.807) is 6.07 Å². The molecule has 172 valence electrons. The fourth-order valence-electron chi connectivity index (χ4n) is 3.31. The van der Waals surface area contributed by atoms with Crippen LogP contribution in [-0.4, -0.2) is 48.8 Å². The molecule has 1 aliphatic heterocycles. The van der Waals surface area contributed by atoms with E-state index in [-0.39, 0.29) is 18.7 Å². The molecule has 32 heavy (non-hydrogen) atoms. The second-order valence-corrected chi connectivity index (χ2v) is 10.3. The molecule has 11 heteroatoms. The van der Waals surface area contributed by atoms with Crippen LogP contribution in [0.4, 0.5) is 14.5 Å². The zero-order chi connectivity index (χ0) is 23.3. The number of carbonyl (C=O) groups excluding carboxylic acids is 2. The van der Waals surface area contributed by atoms with Gasteiger partial charge in [-0.15, -0.1) is 0 Å². The number of rotatable bonds is 8. The zero-order valence-corrected chi connectivity index (χ0v) is 18.8. The molecular weight excluding hydrogens is 462 g/mol. The quantitative estimate of drug-likeness (QED) is 0.457. The van der Waals surface area contributed by atoms with Crippen molar-refractivity contribution in [2.45, 2.75) is 36.6 Å². The van der Waals surface area contributed by atoms with Gasteiger partial charge in [-0.3, -0.25) is 9.59 Å². The van der Waals surface area contributed by atoms with E-state index in [4.69, 9.17) is 4.74 Å². The van der Waals surface area contributed by atoms with Crippen LogP contribution in [0.5, 0.6) is 0 Å². The van der Waals surface area contributed by atoms with Gasteiger partial charge in [0.15, 0.2) is 6.61 Å². The Morgan fingerprint density at radius 2 is 1.81 bits per heavy atom. The number of benzene rings is 2. The molecule has 0 saturated carbocycles. The number of hydrogen-bond donors (Lipinski definition) is 1. The Kier molecular flexibility index (Phi) is 7.86. The fourth-order valence-corrected chi connectivity index (χ4v) is 5.02. The Hall–Kier alpha value is -2.50. The number of esters is 1. The Morgan fingerprint density at radius 3 is 2.44 bits per heavy atom. The monoisotopic (exact) mass is 484 g/mol. The molecule has 7 nitrogen and oxygen atoms in total. The molecule has 0 saturated heterocycles. The third kappa shape index (κ3) is 6.05. The number of anilines is 1. The highest BCUT2D eigenvalue weighted by Gasteiger charge is 2.39. The average Bonchev–Trinajstić information content (AvgIpc) is 2.77. The molecule has 0 bridgehead atoms. The predicted molar refractivity (Wildman–Crippen MR) is 117 cm³/mol. The lowest BCUT2D eigenvalue weighted by atomic mass is 9.96. The minimum Gasteiger partial charge on any atom is -0.454 e. The van der Waals surface area contributed by atoms with Crippen molar-refractivity contribution in [3.63, 3.8) is 0 Å². The maximum absolute atomic E-state index is 12.7. The van der Waals surface area contributed by atoms with Gasteiger partial charge in [0.25, 0.3) is 11.7 Å². The molecule has 2 aromatic rings. The fraction of sp³-hybridized carbons (Fsp3) is 0.333. The summed E-state index contributed by atoms with van der Waals surface area (Å²) in [6.45, 7) is 0.947. The highest BCUT2D eigenvalue weighted by Crippen LogP contribution is 2.27. The van der Waals surface area contributed by atoms with Crippen molar-refractivity contribution in [2.24, 2.45) is 0 Å². The largest absolute Gasteiger partial charge is 0.454 e. The normalized spacial score (nSPS) is 16.4. The maximum Gasteiger partial charge on any atom is 0.325 e. The maximum atomic E-state index is 12.7. The number of carbonyl (C=O) groups is 2. The molecule has 2 aromatic carbocycles. The van der Waals surface area contributed by atoms with Crippen molar-refractivity contribution in [1.29, 1.82) is 0 Å². The summed E-state index contributed by atoms with van der Waals surface area (Å²) in [4.78, 5) is 25.2. The summed E-state index contributed by atoms with van der Waals surface area (Å²) in [5.74, 6) is -4.15. The van der Waals surface area contributed by atoms with Crippen molar-refractivity contribution in [3.8, 4) is 0 Å². The highest BCUT2D eigenvalue weighted by molar-refractivity contribution is 7.99. The molecule has 0 aromatic heterocycles. The first kappa shape index (κ1) is 24.1. The first-order valence-corrected chi connectivity index (χ1v) is 12.3. The molecule has 1 aliphatic rings. The molecule has 1 heterocycles. The number of fused-ring (bicyclic) bond motifs is 1. The third-order valence-corrected chi connectivity index (χ3v) is 7.46. The number of hydrogen-bond acceptors (Lipinski definition) is 6. The molecule has 0 aliphatic carbocycles. The van der Waals surface area contributed by atoms with Crippen LogP contribution in [0.15, 0.2) is 53.4 Å². The average molecular weight is 485 g/mol. The van der Waals surface area contributed by atoms with E-state index in [2.05, 4.69) is 5.32 Å². The van der Waals surface area contributed by atoms with Crippen LogP contribution in [0.3, 0.4) is 0 Å². The van der Waals surface area contributed by atoms with E-state index in [1.807, 2.05) is 18.2 Å².